The summed E-state index contributed by atoms with van der Waals surface area (Å²) in [6, 6.07) is 14.1. The van der Waals surface area contributed by atoms with Crippen molar-refractivity contribution in [1.82, 2.24) is 15.5 Å². The van der Waals surface area contributed by atoms with Crippen LogP contribution in [0.2, 0.25) is 0 Å². The van der Waals surface area contributed by atoms with Crippen molar-refractivity contribution < 1.29 is 13.7 Å². The van der Waals surface area contributed by atoms with E-state index in [4.69, 9.17) is 4.52 Å². The number of hydrogen-bond donors (Lipinski definition) is 1. The van der Waals surface area contributed by atoms with Gasteiger partial charge in [0, 0.05) is 24.9 Å². The van der Waals surface area contributed by atoms with Crippen LogP contribution in [0.1, 0.15) is 29.9 Å². The quantitative estimate of drug-likeness (QED) is 0.656. The summed E-state index contributed by atoms with van der Waals surface area (Å²) in [6.45, 7) is 2.70. The first-order valence-electron chi connectivity index (χ1n) is 9.01. The van der Waals surface area contributed by atoms with E-state index in [1.54, 1.807) is 12.1 Å². The van der Waals surface area contributed by atoms with Crippen molar-refractivity contribution in [3.8, 4) is 11.4 Å². The first kappa shape index (κ1) is 18.8. The van der Waals surface area contributed by atoms with Crippen LogP contribution < -0.4 is 5.32 Å². The second-order valence-corrected chi connectivity index (χ2v) is 6.40. The number of amides is 1. The van der Waals surface area contributed by atoms with Gasteiger partial charge < -0.3 is 9.84 Å². The lowest BCUT2D eigenvalue weighted by molar-refractivity contribution is -0.121. The molecule has 5 nitrogen and oxygen atoms in total. The van der Waals surface area contributed by atoms with Crippen molar-refractivity contribution in [2.75, 3.05) is 6.54 Å². The molecule has 0 fully saturated rings. The molecule has 0 aliphatic rings. The van der Waals surface area contributed by atoms with Crippen LogP contribution in [0.5, 0.6) is 0 Å². The normalized spacial score (nSPS) is 10.7. The van der Waals surface area contributed by atoms with Crippen molar-refractivity contribution in [2.45, 2.75) is 32.6 Å². The molecule has 0 spiro atoms. The smallest absolute Gasteiger partial charge is 0.226 e. The Bertz CT molecular complexity index is 890. The van der Waals surface area contributed by atoms with Crippen molar-refractivity contribution in [1.29, 1.82) is 0 Å². The molecule has 3 rings (SSSR count). The third-order valence-electron chi connectivity index (χ3n) is 4.34. The van der Waals surface area contributed by atoms with Crippen LogP contribution in [0.15, 0.2) is 53.1 Å². The average Bonchev–Trinajstić information content (AvgIpc) is 3.13. The Hall–Kier alpha value is -3.02. The molecule has 1 N–H and O–H groups in total. The number of aromatic nitrogens is 2. The molecule has 0 saturated heterocycles. The molecule has 3 aromatic rings. The third kappa shape index (κ3) is 5.48. The van der Waals surface area contributed by atoms with Gasteiger partial charge in [-0.1, -0.05) is 29.4 Å². The lowest BCUT2D eigenvalue weighted by Gasteiger charge is -2.07. The monoisotopic (exact) mass is 367 g/mol. The number of nitrogens with zero attached hydrogens (tertiary/aromatic N) is 2. The van der Waals surface area contributed by atoms with Crippen LogP contribution in [0.4, 0.5) is 4.39 Å². The van der Waals surface area contributed by atoms with E-state index < -0.39 is 0 Å². The van der Waals surface area contributed by atoms with Gasteiger partial charge in [0.1, 0.15) is 5.82 Å². The molecule has 0 atom stereocenters. The van der Waals surface area contributed by atoms with Gasteiger partial charge in [0.15, 0.2) is 0 Å². The lowest BCUT2D eigenvalue weighted by Crippen LogP contribution is -2.25. The zero-order valence-corrected chi connectivity index (χ0v) is 15.2. The first-order valence-corrected chi connectivity index (χ1v) is 9.01. The van der Waals surface area contributed by atoms with Crippen LogP contribution in [-0.4, -0.2) is 22.6 Å². The second-order valence-electron chi connectivity index (χ2n) is 6.40. The highest BCUT2D eigenvalue weighted by molar-refractivity contribution is 5.75. The van der Waals surface area contributed by atoms with E-state index in [1.807, 2.05) is 12.1 Å². The number of benzene rings is 2. The fourth-order valence-corrected chi connectivity index (χ4v) is 2.79. The Kier molecular flexibility index (Phi) is 6.30. The van der Waals surface area contributed by atoms with Gasteiger partial charge in [-0.15, -0.1) is 0 Å². The van der Waals surface area contributed by atoms with Gasteiger partial charge in [-0.05, 0) is 55.2 Å². The van der Waals surface area contributed by atoms with E-state index in [9.17, 15) is 9.18 Å². The zero-order valence-electron chi connectivity index (χ0n) is 15.2. The summed E-state index contributed by atoms with van der Waals surface area (Å²) in [4.78, 5) is 16.2. The molecule has 1 amide bonds. The average molecular weight is 367 g/mol. The van der Waals surface area contributed by atoms with E-state index in [0.717, 1.165) is 6.42 Å². The molecule has 27 heavy (non-hydrogen) atoms. The maximum Gasteiger partial charge on any atom is 0.226 e. The highest BCUT2D eigenvalue weighted by atomic mass is 19.1. The molecule has 140 valence electrons. The summed E-state index contributed by atoms with van der Waals surface area (Å²) in [6.07, 6.45) is 2.38. The molecule has 0 radical (unpaired) electrons. The third-order valence-corrected chi connectivity index (χ3v) is 4.34. The highest BCUT2D eigenvalue weighted by Gasteiger charge is 2.10. The van der Waals surface area contributed by atoms with Gasteiger partial charge in [-0.25, -0.2) is 4.39 Å². The van der Waals surface area contributed by atoms with E-state index in [0.29, 0.717) is 43.1 Å². The maximum absolute atomic E-state index is 13.0. The Labute approximate surface area is 157 Å². The predicted molar refractivity (Wildman–Crippen MR) is 101 cm³/mol. The van der Waals surface area contributed by atoms with Crippen molar-refractivity contribution >= 4 is 5.91 Å². The number of aryl methyl sites for hydroxylation is 2. The Balaban J connectivity index is 1.39. The minimum atomic E-state index is -0.309. The molecule has 0 bridgehead atoms. The molecule has 0 saturated carbocycles. The Morgan fingerprint density at radius 2 is 1.89 bits per heavy atom. The maximum atomic E-state index is 13.0. The summed E-state index contributed by atoms with van der Waals surface area (Å²) in [5.41, 5.74) is 3.18. The molecule has 0 aliphatic heterocycles. The molecular formula is C21H22FN3O2. The summed E-state index contributed by atoms with van der Waals surface area (Å²) in [5, 5.41) is 6.84. The lowest BCUT2D eigenvalue weighted by atomic mass is 10.1. The molecular weight excluding hydrogens is 345 g/mol. The molecule has 1 aromatic heterocycles. The van der Waals surface area contributed by atoms with E-state index in [-0.39, 0.29) is 11.7 Å². The summed E-state index contributed by atoms with van der Waals surface area (Å²) in [5.74, 6) is 0.604. The largest absolute Gasteiger partial charge is 0.356 e. The Morgan fingerprint density at radius 1 is 1.11 bits per heavy atom. The number of hydrogen-bond acceptors (Lipinski definition) is 4. The van der Waals surface area contributed by atoms with Gasteiger partial charge in [0.05, 0.1) is 0 Å². The standard InChI is InChI=1S/C21H22FN3O2/c1-15-5-2-3-6-16(15)13-14-23-19(26)7-4-8-20-24-21(25-27-20)17-9-11-18(22)12-10-17/h2-3,5-6,9-12H,4,7-8,13-14H2,1H3,(H,23,26). The molecule has 6 heteroatoms. The summed E-state index contributed by atoms with van der Waals surface area (Å²) < 4.78 is 18.1. The molecule has 2 aromatic carbocycles. The second kappa shape index (κ2) is 9.07. The number of rotatable bonds is 8. The Morgan fingerprint density at radius 3 is 2.67 bits per heavy atom. The van der Waals surface area contributed by atoms with Gasteiger partial charge >= 0.3 is 0 Å². The molecule has 0 unspecified atom stereocenters. The topological polar surface area (TPSA) is 68.0 Å². The van der Waals surface area contributed by atoms with Gasteiger partial charge in [-0.2, -0.15) is 4.98 Å². The summed E-state index contributed by atoms with van der Waals surface area (Å²) >= 11 is 0. The fraction of sp³-hybridized carbons (Fsp3) is 0.286. The van der Waals surface area contributed by atoms with Crippen LogP contribution in [0.25, 0.3) is 11.4 Å². The van der Waals surface area contributed by atoms with Crippen LogP contribution in [0.3, 0.4) is 0 Å². The minimum Gasteiger partial charge on any atom is -0.356 e. The van der Waals surface area contributed by atoms with Crippen LogP contribution in [0, 0.1) is 12.7 Å². The van der Waals surface area contributed by atoms with E-state index >= 15 is 0 Å². The number of nitrogens with one attached hydrogen (secondary N) is 1. The predicted octanol–water partition coefficient (Wildman–Crippen LogP) is 3.87. The number of carbonyl (C=O) groups is 1. The molecule has 1 heterocycles. The summed E-state index contributed by atoms with van der Waals surface area (Å²) in [7, 11) is 0. The van der Waals surface area contributed by atoms with Crippen LogP contribution in [-0.2, 0) is 17.6 Å². The SMILES string of the molecule is Cc1ccccc1CCNC(=O)CCCc1nc(-c2ccc(F)cc2)no1. The van der Waals surface area contributed by atoms with E-state index in [2.05, 4.69) is 34.5 Å². The van der Waals surface area contributed by atoms with E-state index in [1.165, 1.54) is 23.3 Å². The fourth-order valence-electron chi connectivity index (χ4n) is 2.79. The van der Waals surface area contributed by atoms with Crippen molar-refractivity contribution in [2.24, 2.45) is 0 Å². The van der Waals surface area contributed by atoms with Crippen molar-refractivity contribution in [3.05, 3.63) is 71.4 Å². The number of carbonyl (C=O) groups excluding carboxylic acids is 1. The van der Waals surface area contributed by atoms with Crippen LogP contribution >= 0.6 is 0 Å². The number of halogens is 1. The molecule has 0 aliphatic carbocycles. The van der Waals surface area contributed by atoms with Gasteiger partial charge in [0.25, 0.3) is 0 Å². The zero-order chi connectivity index (χ0) is 19.1. The highest BCUT2D eigenvalue weighted by Crippen LogP contribution is 2.16. The van der Waals surface area contributed by atoms with Gasteiger partial charge in [0.2, 0.25) is 17.6 Å². The van der Waals surface area contributed by atoms with Crippen molar-refractivity contribution in [3.63, 3.8) is 0 Å². The van der Waals surface area contributed by atoms with Gasteiger partial charge in [-0.3, -0.25) is 4.79 Å². The minimum absolute atomic E-state index is 0.0156. The first-order chi connectivity index (χ1) is 13.1.